The van der Waals surface area contributed by atoms with Crippen LogP contribution in [0, 0.1) is 24.2 Å². The summed E-state index contributed by atoms with van der Waals surface area (Å²) in [5.74, 6) is 2.16. The Morgan fingerprint density at radius 2 is 1.95 bits per heavy atom. The number of fused-ring (bicyclic) bond motifs is 1. The smallest absolute Gasteiger partial charge is 0.115 e. The van der Waals surface area contributed by atoms with Crippen molar-refractivity contribution in [2.75, 3.05) is 0 Å². The highest BCUT2D eigenvalue weighted by molar-refractivity contribution is 5.37. The molecule has 2 N–H and O–H groups in total. The zero-order chi connectivity index (χ0) is 14.5. The Labute approximate surface area is 121 Å². The molecule has 5 atom stereocenters. The SMILES string of the molecule is Cc1cc(O)ccc1C1CCC2(C)C(O)CCC2C1C. The van der Waals surface area contributed by atoms with Gasteiger partial charge in [0.15, 0.2) is 0 Å². The van der Waals surface area contributed by atoms with Gasteiger partial charge < -0.3 is 10.2 Å². The Hall–Kier alpha value is -1.02. The van der Waals surface area contributed by atoms with Gasteiger partial charge in [0, 0.05) is 0 Å². The van der Waals surface area contributed by atoms with Crippen molar-refractivity contribution >= 4 is 0 Å². The van der Waals surface area contributed by atoms with Gasteiger partial charge in [0.2, 0.25) is 0 Å². The average molecular weight is 274 g/mol. The first-order valence-electron chi connectivity index (χ1n) is 7.91. The second kappa shape index (κ2) is 4.77. The monoisotopic (exact) mass is 274 g/mol. The number of phenolic OH excluding ortho intramolecular Hbond substituents is 1. The molecule has 1 aromatic rings. The second-order valence-electron chi connectivity index (χ2n) is 7.25. The number of aromatic hydroxyl groups is 1. The molecular weight excluding hydrogens is 248 g/mol. The van der Waals surface area contributed by atoms with Crippen molar-refractivity contribution in [1.29, 1.82) is 0 Å². The summed E-state index contributed by atoms with van der Waals surface area (Å²) in [6, 6.07) is 5.78. The Morgan fingerprint density at radius 1 is 1.20 bits per heavy atom. The molecule has 0 amide bonds. The standard InChI is InChI=1S/C18H26O2/c1-11-10-13(19)4-5-14(11)15-8-9-18(3)16(12(15)2)6-7-17(18)20/h4-5,10,12,15-17,19-20H,6-9H2,1-3H3. The average Bonchev–Trinajstić information content (AvgIpc) is 2.69. The summed E-state index contributed by atoms with van der Waals surface area (Å²) in [6.07, 6.45) is 4.28. The molecule has 2 heteroatoms. The molecule has 110 valence electrons. The van der Waals surface area contributed by atoms with E-state index in [2.05, 4.69) is 26.8 Å². The summed E-state index contributed by atoms with van der Waals surface area (Å²) in [5, 5.41) is 19.9. The van der Waals surface area contributed by atoms with Crippen LogP contribution >= 0.6 is 0 Å². The predicted octanol–water partition coefficient (Wildman–Crippen LogP) is 3.99. The molecule has 0 saturated heterocycles. The van der Waals surface area contributed by atoms with E-state index >= 15 is 0 Å². The molecule has 20 heavy (non-hydrogen) atoms. The number of aryl methyl sites for hydroxylation is 1. The molecule has 0 bridgehead atoms. The maximum Gasteiger partial charge on any atom is 0.115 e. The second-order valence-corrected chi connectivity index (χ2v) is 7.25. The lowest BCUT2D eigenvalue weighted by Gasteiger charge is -2.47. The van der Waals surface area contributed by atoms with Crippen molar-refractivity contribution < 1.29 is 10.2 Å². The van der Waals surface area contributed by atoms with E-state index in [4.69, 9.17) is 0 Å². The zero-order valence-corrected chi connectivity index (χ0v) is 12.8. The van der Waals surface area contributed by atoms with Gasteiger partial charge >= 0.3 is 0 Å². The summed E-state index contributed by atoms with van der Waals surface area (Å²) >= 11 is 0. The highest BCUT2D eigenvalue weighted by atomic mass is 16.3. The number of aliphatic hydroxyl groups excluding tert-OH is 1. The minimum atomic E-state index is -0.114. The van der Waals surface area contributed by atoms with Crippen LogP contribution in [0.1, 0.15) is 56.6 Å². The molecule has 0 aliphatic heterocycles. The van der Waals surface area contributed by atoms with E-state index in [1.807, 2.05) is 12.1 Å². The molecule has 1 aromatic carbocycles. The van der Waals surface area contributed by atoms with Crippen LogP contribution in [-0.4, -0.2) is 16.3 Å². The van der Waals surface area contributed by atoms with Crippen molar-refractivity contribution in [2.24, 2.45) is 17.3 Å². The van der Waals surface area contributed by atoms with Crippen molar-refractivity contribution in [1.82, 2.24) is 0 Å². The first-order valence-corrected chi connectivity index (χ1v) is 7.91. The van der Waals surface area contributed by atoms with E-state index in [1.165, 1.54) is 11.1 Å². The first-order chi connectivity index (χ1) is 9.43. The molecule has 2 nitrogen and oxygen atoms in total. The molecule has 0 radical (unpaired) electrons. The van der Waals surface area contributed by atoms with Crippen molar-refractivity contribution in [3.63, 3.8) is 0 Å². The normalized spacial score (nSPS) is 40.6. The van der Waals surface area contributed by atoms with E-state index in [-0.39, 0.29) is 11.5 Å². The van der Waals surface area contributed by atoms with E-state index in [9.17, 15) is 10.2 Å². The topological polar surface area (TPSA) is 40.5 Å². The minimum absolute atomic E-state index is 0.114. The van der Waals surface area contributed by atoms with E-state index < -0.39 is 0 Å². The summed E-state index contributed by atoms with van der Waals surface area (Å²) in [6.45, 7) is 6.74. The van der Waals surface area contributed by atoms with Crippen LogP contribution in [0.3, 0.4) is 0 Å². The lowest BCUT2D eigenvalue weighted by molar-refractivity contribution is -0.0141. The highest BCUT2D eigenvalue weighted by Gasteiger charge is 2.52. The molecule has 2 aliphatic rings. The van der Waals surface area contributed by atoms with Crippen LogP contribution in [0.5, 0.6) is 5.75 Å². The zero-order valence-electron chi connectivity index (χ0n) is 12.8. The fourth-order valence-electron chi connectivity index (χ4n) is 4.98. The van der Waals surface area contributed by atoms with Gasteiger partial charge in [-0.3, -0.25) is 0 Å². The number of aliphatic hydroxyl groups is 1. The third-order valence-electron chi connectivity index (χ3n) is 6.28. The van der Waals surface area contributed by atoms with Gasteiger partial charge in [0.05, 0.1) is 6.10 Å². The Bertz CT molecular complexity index is 510. The van der Waals surface area contributed by atoms with Gasteiger partial charge in [-0.1, -0.05) is 19.9 Å². The van der Waals surface area contributed by atoms with E-state index in [0.29, 0.717) is 23.5 Å². The molecule has 2 aliphatic carbocycles. The molecule has 3 rings (SSSR count). The Morgan fingerprint density at radius 3 is 2.65 bits per heavy atom. The third kappa shape index (κ3) is 1.96. The number of hydrogen-bond donors (Lipinski definition) is 2. The third-order valence-corrected chi connectivity index (χ3v) is 6.28. The predicted molar refractivity (Wildman–Crippen MR) is 80.8 cm³/mol. The molecule has 2 fully saturated rings. The quantitative estimate of drug-likeness (QED) is 0.813. The molecular formula is C18H26O2. The van der Waals surface area contributed by atoms with Gasteiger partial charge in [-0.2, -0.15) is 0 Å². The van der Waals surface area contributed by atoms with Crippen molar-refractivity contribution in [3.8, 4) is 5.75 Å². The highest BCUT2D eigenvalue weighted by Crippen LogP contribution is 2.58. The molecule has 2 saturated carbocycles. The maximum absolute atomic E-state index is 10.3. The summed E-state index contributed by atoms with van der Waals surface area (Å²) in [7, 11) is 0. The number of rotatable bonds is 1. The fraction of sp³-hybridized carbons (Fsp3) is 0.667. The van der Waals surface area contributed by atoms with Crippen LogP contribution in [0.15, 0.2) is 18.2 Å². The van der Waals surface area contributed by atoms with Crippen LogP contribution in [0.25, 0.3) is 0 Å². The summed E-state index contributed by atoms with van der Waals surface area (Å²) in [5.41, 5.74) is 2.71. The lowest BCUT2D eigenvalue weighted by Crippen LogP contribution is -2.41. The molecule has 0 heterocycles. The molecule has 5 unspecified atom stereocenters. The van der Waals surface area contributed by atoms with Crippen LogP contribution in [0.2, 0.25) is 0 Å². The van der Waals surface area contributed by atoms with Crippen LogP contribution in [-0.2, 0) is 0 Å². The molecule has 0 aromatic heterocycles. The summed E-state index contributed by atoms with van der Waals surface area (Å²) < 4.78 is 0. The van der Waals surface area contributed by atoms with Gasteiger partial charge in [-0.25, -0.2) is 0 Å². The van der Waals surface area contributed by atoms with E-state index in [0.717, 1.165) is 25.7 Å². The number of hydrogen-bond acceptors (Lipinski definition) is 2. The minimum Gasteiger partial charge on any atom is -0.508 e. The maximum atomic E-state index is 10.3. The van der Waals surface area contributed by atoms with Crippen LogP contribution in [0.4, 0.5) is 0 Å². The van der Waals surface area contributed by atoms with Gasteiger partial charge in [0.1, 0.15) is 5.75 Å². The number of phenols is 1. The Balaban J connectivity index is 1.90. The summed E-state index contributed by atoms with van der Waals surface area (Å²) in [4.78, 5) is 0. The largest absolute Gasteiger partial charge is 0.508 e. The fourth-order valence-corrected chi connectivity index (χ4v) is 4.98. The van der Waals surface area contributed by atoms with Gasteiger partial charge in [0.25, 0.3) is 0 Å². The van der Waals surface area contributed by atoms with Gasteiger partial charge in [-0.05, 0) is 79.0 Å². The molecule has 0 spiro atoms. The first kappa shape index (κ1) is 13.9. The lowest BCUT2D eigenvalue weighted by atomic mass is 9.59. The van der Waals surface area contributed by atoms with Crippen molar-refractivity contribution in [3.05, 3.63) is 29.3 Å². The van der Waals surface area contributed by atoms with Gasteiger partial charge in [-0.15, -0.1) is 0 Å². The van der Waals surface area contributed by atoms with E-state index in [1.54, 1.807) is 0 Å². The Kier molecular flexibility index (Phi) is 3.32. The number of benzene rings is 1. The van der Waals surface area contributed by atoms with Crippen LogP contribution < -0.4 is 0 Å². The van der Waals surface area contributed by atoms with Crippen molar-refractivity contribution in [2.45, 2.75) is 58.5 Å².